The number of hydrogen-bond acceptors (Lipinski definition) is 2. The average molecular weight is 316 g/mol. The van der Waals surface area contributed by atoms with Crippen molar-refractivity contribution in [3.05, 3.63) is 71.1 Å². The molecular formula is C17H15ClFN3. The maximum absolute atomic E-state index is 13.1. The highest BCUT2D eigenvalue weighted by Crippen LogP contribution is 2.30. The number of nitrogens with zero attached hydrogens (tertiary/aromatic N) is 2. The summed E-state index contributed by atoms with van der Waals surface area (Å²) in [7, 11) is 0. The lowest BCUT2D eigenvalue weighted by molar-refractivity contribution is 0.627. The topological polar surface area (TPSA) is 43.8 Å². The van der Waals surface area contributed by atoms with Crippen LogP contribution in [0.5, 0.6) is 0 Å². The molecule has 0 atom stereocenters. The highest BCUT2D eigenvalue weighted by molar-refractivity contribution is 6.33. The van der Waals surface area contributed by atoms with Gasteiger partial charge in [0.05, 0.1) is 17.1 Å². The molecule has 0 aliphatic heterocycles. The zero-order chi connectivity index (χ0) is 15.5. The fraction of sp³-hybridized carbons (Fsp3) is 0.118. The second-order valence-electron chi connectivity index (χ2n) is 4.93. The lowest BCUT2D eigenvalue weighted by atomic mass is 10.1. The second-order valence-corrected chi connectivity index (χ2v) is 5.33. The summed E-state index contributed by atoms with van der Waals surface area (Å²) in [6, 6.07) is 15.7. The molecule has 3 nitrogen and oxygen atoms in total. The molecule has 0 amide bonds. The summed E-state index contributed by atoms with van der Waals surface area (Å²) in [4.78, 5) is 0. The van der Waals surface area contributed by atoms with Crippen LogP contribution in [0.25, 0.3) is 16.9 Å². The van der Waals surface area contributed by atoms with Gasteiger partial charge in [-0.05, 0) is 42.9 Å². The summed E-state index contributed by atoms with van der Waals surface area (Å²) in [5.74, 6) is -0.280. The van der Waals surface area contributed by atoms with Crippen molar-refractivity contribution < 1.29 is 4.39 Å². The van der Waals surface area contributed by atoms with E-state index in [9.17, 15) is 4.39 Å². The summed E-state index contributed by atoms with van der Waals surface area (Å²) >= 11 is 6.30. The number of rotatable bonds is 4. The van der Waals surface area contributed by atoms with Crippen molar-refractivity contribution >= 4 is 11.6 Å². The first-order chi connectivity index (χ1) is 10.7. The predicted octanol–water partition coefficient (Wildman–Crippen LogP) is 3.83. The summed E-state index contributed by atoms with van der Waals surface area (Å²) in [6.07, 6.45) is 0.672. The van der Waals surface area contributed by atoms with Gasteiger partial charge in [0, 0.05) is 17.0 Å². The number of aromatic nitrogens is 2. The normalized spacial score (nSPS) is 10.9. The van der Waals surface area contributed by atoms with Crippen molar-refractivity contribution in [2.24, 2.45) is 5.73 Å². The van der Waals surface area contributed by atoms with Crippen LogP contribution in [-0.2, 0) is 6.42 Å². The molecule has 0 radical (unpaired) electrons. The van der Waals surface area contributed by atoms with Crippen molar-refractivity contribution in [2.45, 2.75) is 6.42 Å². The third kappa shape index (κ3) is 2.89. The van der Waals surface area contributed by atoms with E-state index in [2.05, 4.69) is 5.10 Å². The predicted molar refractivity (Wildman–Crippen MR) is 86.7 cm³/mol. The van der Waals surface area contributed by atoms with Crippen LogP contribution in [0.2, 0.25) is 5.02 Å². The molecule has 112 valence electrons. The molecule has 3 aromatic rings. The SMILES string of the molecule is NCCc1cc(-c2ccccc2Cl)n(-c2ccc(F)cc2)n1. The van der Waals surface area contributed by atoms with Gasteiger partial charge in [-0.25, -0.2) is 9.07 Å². The summed E-state index contributed by atoms with van der Waals surface area (Å²) in [6.45, 7) is 0.516. The standard InChI is InChI=1S/C17H15ClFN3/c18-16-4-2-1-3-15(16)17-11-13(9-10-20)21-22(17)14-7-5-12(19)6-8-14/h1-8,11H,9-10,20H2. The van der Waals surface area contributed by atoms with Gasteiger partial charge in [0.2, 0.25) is 0 Å². The first kappa shape index (κ1) is 14.8. The Morgan fingerprint density at radius 2 is 1.82 bits per heavy atom. The van der Waals surface area contributed by atoms with E-state index in [0.717, 1.165) is 22.6 Å². The minimum absolute atomic E-state index is 0.280. The molecule has 1 heterocycles. The van der Waals surface area contributed by atoms with Crippen LogP contribution >= 0.6 is 11.6 Å². The van der Waals surface area contributed by atoms with Crippen LogP contribution in [0.4, 0.5) is 4.39 Å². The molecule has 0 saturated carbocycles. The molecule has 0 fully saturated rings. The Bertz CT molecular complexity index is 781. The Labute approximate surface area is 133 Å². The van der Waals surface area contributed by atoms with E-state index < -0.39 is 0 Å². The molecule has 0 aliphatic carbocycles. The van der Waals surface area contributed by atoms with Crippen LogP contribution in [0.15, 0.2) is 54.6 Å². The van der Waals surface area contributed by atoms with E-state index in [-0.39, 0.29) is 5.82 Å². The molecule has 5 heteroatoms. The van der Waals surface area contributed by atoms with Gasteiger partial charge in [0.25, 0.3) is 0 Å². The van der Waals surface area contributed by atoms with Crippen LogP contribution in [-0.4, -0.2) is 16.3 Å². The molecule has 2 aromatic carbocycles. The van der Waals surface area contributed by atoms with E-state index >= 15 is 0 Å². The van der Waals surface area contributed by atoms with Crippen molar-refractivity contribution in [1.82, 2.24) is 9.78 Å². The minimum Gasteiger partial charge on any atom is -0.330 e. The van der Waals surface area contributed by atoms with Crippen LogP contribution in [0.3, 0.4) is 0 Å². The second kappa shape index (κ2) is 6.30. The lowest BCUT2D eigenvalue weighted by Crippen LogP contribution is -2.04. The summed E-state index contributed by atoms with van der Waals surface area (Å²) < 4.78 is 14.9. The van der Waals surface area contributed by atoms with Crippen molar-refractivity contribution in [2.75, 3.05) is 6.54 Å². The zero-order valence-electron chi connectivity index (χ0n) is 11.8. The van der Waals surface area contributed by atoms with Crippen molar-refractivity contribution in [3.8, 4) is 16.9 Å². The fourth-order valence-electron chi connectivity index (χ4n) is 2.34. The smallest absolute Gasteiger partial charge is 0.123 e. The Hall–Kier alpha value is -2.17. The third-order valence-corrected chi connectivity index (χ3v) is 3.71. The van der Waals surface area contributed by atoms with Crippen molar-refractivity contribution in [3.63, 3.8) is 0 Å². The maximum Gasteiger partial charge on any atom is 0.123 e. The van der Waals surface area contributed by atoms with Gasteiger partial charge < -0.3 is 5.73 Å². The molecule has 22 heavy (non-hydrogen) atoms. The lowest BCUT2D eigenvalue weighted by Gasteiger charge is -2.08. The van der Waals surface area contributed by atoms with Crippen LogP contribution in [0, 0.1) is 5.82 Å². The summed E-state index contributed by atoms with van der Waals surface area (Å²) in [5, 5.41) is 5.22. The number of halogens is 2. The van der Waals surface area contributed by atoms with E-state index in [1.54, 1.807) is 16.8 Å². The quantitative estimate of drug-likeness (QED) is 0.795. The van der Waals surface area contributed by atoms with Gasteiger partial charge in [-0.1, -0.05) is 29.8 Å². The molecule has 0 unspecified atom stereocenters. The van der Waals surface area contributed by atoms with Gasteiger partial charge in [-0.15, -0.1) is 0 Å². The molecule has 1 aromatic heterocycles. The molecule has 0 saturated heterocycles. The Kier molecular flexibility index (Phi) is 4.22. The van der Waals surface area contributed by atoms with E-state index in [4.69, 9.17) is 17.3 Å². The molecule has 2 N–H and O–H groups in total. The number of benzene rings is 2. The van der Waals surface area contributed by atoms with Crippen LogP contribution in [0.1, 0.15) is 5.69 Å². The Morgan fingerprint density at radius 3 is 2.50 bits per heavy atom. The highest BCUT2D eigenvalue weighted by Gasteiger charge is 2.13. The fourth-order valence-corrected chi connectivity index (χ4v) is 2.57. The number of nitrogens with two attached hydrogens (primary N) is 1. The van der Waals surface area contributed by atoms with Gasteiger partial charge in [0.1, 0.15) is 5.82 Å². The zero-order valence-corrected chi connectivity index (χ0v) is 12.6. The van der Waals surface area contributed by atoms with E-state index in [1.807, 2.05) is 30.3 Å². The van der Waals surface area contributed by atoms with Gasteiger partial charge in [-0.3, -0.25) is 0 Å². The molecule has 0 bridgehead atoms. The van der Waals surface area contributed by atoms with Crippen molar-refractivity contribution in [1.29, 1.82) is 0 Å². The Balaban J connectivity index is 2.16. The highest BCUT2D eigenvalue weighted by atomic mass is 35.5. The monoisotopic (exact) mass is 315 g/mol. The minimum atomic E-state index is -0.280. The molecule has 3 rings (SSSR count). The van der Waals surface area contributed by atoms with Gasteiger partial charge in [0.15, 0.2) is 0 Å². The Morgan fingerprint density at radius 1 is 1.09 bits per heavy atom. The molecular weight excluding hydrogens is 301 g/mol. The van der Waals surface area contributed by atoms with Crippen LogP contribution < -0.4 is 5.73 Å². The third-order valence-electron chi connectivity index (χ3n) is 3.38. The maximum atomic E-state index is 13.1. The van der Waals surface area contributed by atoms with Gasteiger partial charge >= 0.3 is 0 Å². The van der Waals surface area contributed by atoms with E-state index in [1.165, 1.54) is 12.1 Å². The first-order valence-electron chi connectivity index (χ1n) is 6.99. The molecule has 0 aliphatic rings. The average Bonchev–Trinajstić information content (AvgIpc) is 2.93. The van der Waals surface area contributed by atoms with Gasteiger partial charge in [-0.2, -0.15) is 5.10 Å². The summed E-state index contributed by atoms with van der Waals surface area (Å²) in [5.41, 5.74) is 9.02. The number of hydrogen-bond donors (Lipinski definition) is 1. The van der Waals surface area contributed by atoms with E-state index in [0.29, 0.717) is 18.0 Å². The first-order valence-corrected chi connectivity index (χ1v) is 7.36. The largest absolute Gasteiger partial charge is 0.330 e. The molecule has 0 spiro atoms.